The van der Waals surface area contributed by atoms with Crippen LogP contribution < -0.4 is 5.43 Å². The molecule has 3 N–H and O–H groups in total. The maximum Gasteiger partial charge on any atom is 0.198 e. The van der Waals surface area contributed by atoms with Gasteiger partial charge in [0.25, 0.3) is 0 Å². The lowest BCUT2D eigenvalue weighted by Crippen LogP contribution is -2.31. The first-order valence-corrected chi connectivity index (χ1v) is 4.34. The third kappa shape index (κ3) is 2.09. The van der Waals surface area contributed by atoms with Crippen LogP contribution in [0.25, 0.3) is 0 Å². The fourth-order valence-electron chi connectivity index (χ4n) is 1.19. The molecule has 70 valence electrons. The Bertz CT molecular complexity index is 305. The molecule has 4 heteroatoms. The van der Waals surface area contributed by atoms with E-state index in [0.29, 0.717) is 0 Å². The summed E-state index contributed by atoms with van der Waals surface area (Å²) in [5.41, 5.74) is 4.67. The Morgan fingerprint density at radius 3 is 2.92 bits per heavy atom. The average molecular weight is 180 g/mol. The molecule has 1 aliphatic carbocycles. The van der Waals surface area contributed by atoms with Crippen LogP contribution in [0.5, 0.6) is 0 Å². The van der Waals surface area contributed by atoms with Crippen LogP contribution in [0.3, 0.4) is 0 Å². The van der Waals surface area contributed by atoms with Gasteiger partial charge in [0.2, 0.25) is 0 Å². The monoisotopic (exact) mass is 180 g/mol. The molecular weight excluding hydrogens is 168 g/mol. The Morgan fingerprint density at radius 2 is 2.31 bits per heavy atom. The van der Waals surface area contributed by atoms with E-state index in [9.17, 15) is 5.11 Å². The Hall–Kier alpha value is -1.29. The molecule has 4 nitrogen and oxygen atoms in total. The molecule has 1 aliphatic heterocycles. The first kappa shape index (κ1) is 8.31. The second-order valence-corrected chi connectivity index (χ2v) is 3.27. The summed E-state index contributed by atoms with van der Waals surface area (Å²) in [4.78, 5) is 0. The van der Waals surface area contributed by atoms with Crippen molar-refractivity contribution in [1.29, 1.82) is 0 Å². The summed E-state index contributed by atoms with van der Waals surface area (Å²) in [5.74, 6) is -0.0604. The number of allylic oxidation sites excluding steroid dienone is 3. The molecule has 0 spiro atoms. The molecule has 0 saturated heterocycles. The summed E-state index contributed by atoms with van der Waals surface area (Å²) in [6, 6.07) is 0. The van der Waals surface area contributed by atoms with Crippen molar-refractivity contribution in [3.8, 4) is 0 Å². The van der Waals surface area contributed by atoms with E-state index < -0.39 is 6.23 Å². The number of nitrogens with one attached hydrogen (secondary N) is 1. The fourth-order valence-corrected chi connectivity index (χ4v) is 1.19. The van der Waals surface area contributed by atoms with E-state index in [2.05, 4.69) is 16.6 Å². The quantitative estimate of drug-likeness (QED) is 0.563. The SMILES string of the molecule is OC1=CC(CCC2=CC2)=NNC1O. The van der Waals surface area contributed by atoms with E-state index in [1.807, 2.05) is 0 Å². The summed E-state index contributed by atoms with van der Waals surface area (Å²) >= 11 is 0. The zero-order valence-corrected chi connectivity index (χ0v) is 7.20. The van der Waals surface area contributed by atoms with E-state index >= 15 is 0 Å². The molecule has 2 rings (SSSR count). The molecule has 1 atom stereocenters. The van der Waals surface area contributed by atoms with Crippen LogP contribution in [0.1, 0.15) is 19.3 Å². The number of hydrogen-bond acceptors (Lipinski definition) is 4. The van der Waals surface area contributed by atoms with Crippen molar-refractivity contribution >= 4 is 5.71 Å². The van der Waals surface area contributed by atoms with Gasteiger partial charge < -0.3 is 10.2 Å². The van der Waals surface area contributed by atoms with Crippen LogP contribution in [0, 0.1) is 0 Å². The maximum atomic E-state index is 9.18. The summed E-state index contributed by atoms with van der Waals surface area (Å²) in [5, 5.41) is 22.1. The first-order chi connectivity index (χ1) is 6.25. The number of aliphatic hydroxyl groups excluding tert-OH is 2. The topological polar surface area (TPSA) is 64.9 Å². The lowest BCUT2D eigenvalue weighted by molar-refractivity contribution is 0.121. The number of rotatable bonds is 3. The summed E-state index contributed by atoms with van der Waals surface area (Å²) < 4.78 is 0. The van der Waals surface area contributed by atoms with E-state index in [1.54, 1.807) is 0 Å². The Balaban J connectivity index is 1.89. The van der Waals surface area contributed by atoms with E-state index in [4.69, 9.17) is 5.11 Å². The van der Waals surface area contributed by atoms with Gasteiger partial charge in [0.15, 0.2) is 6.23 Å². The molecule has 0 bridgehead atoms. The van der Waals surface area contributed by atoms with Crippen molar-refractivity contribution < 1.29 is 10.2 Å². The minimum atomic E-state index is -1.04. The Morgan fingerprint density at radius 1 is 1.54 bits per heavy atom. The van der Waals surface area contributed by atoms with Gasteiger partial charge in [0.1, 0.15) is 5.76 Å². The number of hydrogen-bond donors (Lipinski definition) is 3. The molecule has 0 fully saturated rings. The highest BCUT2D eigenvalue weighted by atomic mass is 16.3. The largest absolute Gasteiger partial charge is 0.507 e. The van der Waals surface area contributed by atoms with Crippen LogP contribution in [0.4, 0.5) is 0 Å². The van der Waals surface area contributed by atoms with Gasteiger partial charge in [0.05, 0.1) is 5.71 Å². The highest BCUT2D eigenvalue weighted by Gasteiger charge is 2.15. The predicted octanol–water partition coefficient (Wildman–Crippen LogP) is 0.816. The molecule has 13 heavy (non-hydrogen) atoms. The minimum absolute atomic E-state index is 0.0604. The van der Waals surface area contributed by atoms with Gasteiger partial charge in [-0.2, -0.15) is 5.10 Å². The van der Waals surface area contributed by atoms with Crippen LogP contribution in [-0.2, 0) is 0 Å². The molecule has 0 saturated carbocycles. The Kier molecular flexibility index (Phi) is 2.06. The summed E-state index contributed by atoms with van der Waals surface area (Å²) in [6.07, 6.45) is 5.60. The van der Waals surface area contributed by atoms with Crippen molar-refractivity contribution in [2.45, 2.75) is 25.5 Å². The molecular formula is C9H12N2O2. The normalized spacial score (nSPS) is 25.6. The summed E-state index contributed by atoms with van der Waals surface area (Å²) in [7, 11) is 0. The Labute approximate surface area is 76.3 Å². The number of aliphatic hydroxyl groups is 2. The van der Waals surface area contributed by atoms with Gasteiger partial charge in [0, 0.05) is 6.08 Å². The van der Waals surface area contributed by atoms with Crippen molar-refractivity contribution in [3.63, 3.8) is 0 Å². The molecule has 0 amide bonds. The molecule has 0 aromatic carbocycles. The van der Waals surface area contributed by atoms with E-state index in [1.165, 1.54) is 11.6 Å². The lowest BCUT2D eigenvalue weighted by Gasteiger charge is -2.15. The molecule has 1 unspecified atom stereocenters. The van der Waals surface area contributed by atoms with Crippen LogP contribution in [0.2, 0.25) is 0 Å². The van der Waals surface area contributed by atoms with Crippen LogP contribution in [-0.4, -0.2) is 22.2 Å². The molecule has 0 aromatic rings. The molecule has 2 aliphatic rings. The second kappa shape index (κ2) is 3.22. The van der Waals surface area contributed by atoms with Gasteiger partial charge in [-0.25, -0.2) is 0 Å². The van der Waals surface area contributed by atoms with E-state index in [-0.39, 0.29) is 5.76 Å². The molecule has 1 heterocycles. The standard InChI is InChI=1S/C9H12N2O2/c12-8-5-7(10-11-9(8)13)4-3-6-1-2-6/h1,5,9,11-13H,2-4H2. The first-order valence-electron chi connectivity index (χ1n) is 4.34. The number of nitrogens with zero attached hydrogens (tertiary/aromatic N) is 1. The second-order valence-electron chi connectivity index (χ2n) is 3.27. The van der Waals surface area contributed by atoms with Gasteiger partial charge >= 0.3 is 0 Å². The molecule has 0 aromatic heterocycles. The minimum Gasteiger partial charge on any atom is -0.507 e. The fraction of sp³-hybridized carbons (Fsp3) is 0.444. The maximum absolute atomic E-state index is 9.18. The number of hydrazone groups is 1. The zero-order valence-electron chi connectivity index (χ0n) is 7.20. The summed E-state index contributed by atoms with van der Waals surface area (Å²) in [6.45, 7) is 0. The molecule has 0 radical (unpaired) electrons. The van der Waals surface area contributed by atoms with E-state index in [0.717, 1.165) is 25.0 Å². The van der Waals surface area contributed by atoms with Crippen molar-refractivity contribution in [2.75, 3.05) is 0 Å². The lowest BCUT2D eigenvalue weighted by atomic mass is 10.1. The van der Waals surface area contributed by atoms with Crippen LogP contribution >= 0.6 is 0 Å². The highest BCUT2D eigenvalue weighted by Crippen LogP contribution is 2.24. The van der Waals surface area contributed by atoms with Gasteiger partial charge in [-0.1, -0.05) is 11.6 Å². The van der Waals surface area contributed by atoms with Gasteiger partial charge in [-0.3, -0.25) is 5.43 Å². The third-order valence-corrected chi connectivity index (χ3v) is 2.12. The van der Waals surface area contributed by atoms with Crippen molar-refractivity contribution in [3.05, 3.63) is 23.5 Å². The van der Waals surface area contributed by atoms with Crippen molar-refractivity contribution in [2.24, 2.45) is 5.10 Å². The smallest absolute Gasteiger partial charge is 0.198 e. The van der Waals surface area contributed by atoms with Gasteiger partial charge in [-0.05, 0) is 19.3 Å². The highest BCUT2D eigenvalue weighted by molar-refractivity contribution is 5.95. The zero-order chi connectivity index (χ0) is 9.26. The van der Waals surface area contributed by atoms with Crippen molar-refractivity contribution in [1.82, 2.24) is 5.43 Å². The van der Waals surface area contributed by atoms with Gasteiger partial charge in [-0.15, -0.1) is 0 Å². The predicted molar refractivity (Wildman–Crippen MR) is 49.2 cm³/mol. The van der Waals surface area contributed by atoms with Crippen LogP contribution in [0.15, 0.2) is 28.6 Å². The average Bonchev–Trinajstić information content (AvgIpc) is 2.91. The third-order valence-electron chi connectivity index (χ3n) is 2.12.